The summed E-state index contributed by atoms with van der Waals surface area (Å²) in [6.45, 7) is 4.21. The van der Waals surface area contributed by atoms with Crippen molar-refractivity contribution in [3.8, 4) is 5.75 Å². The molecule has 0 radical (unpaired) electrons. The highest BCUT2D eigenvalue weighted by molar-refractivity contribution is 5.81. The Morgan fingerprint density at radius 1 is 1.32 bits per heavy atom. The number of nitrogens with one attached hydrogen (secondary N) is 2. The van der Waals surface area contributed by atoms with Crippen molar-refractivity contribution in [2.45, 2.75) is 13.3 Å². The second-order valence-corrected chi connectivity index (χ2v) is 3.95. The van der Waals surface area contributed by atoms with E-state index in [1.807, 2.05) is 31.2 Å². The van der Waals surface area contributed by atoms with Crippen LogP contribution in [0.15, 0.2) is 24.3 Å². The number of methoxy groups -OCH3 is 1. The predicted molar refractivity (Wildman–Crippen MR) is 75.6 cm³/mol. The first-order valence-corrected chi connectivity index (χ1v) is 6.49. The Morgan fingerprint density at radius 2 is 2.11 bits per heavy atom. The number of ether oxygens (including phenoxy) is 2. The topological polar surface area (TPSA) is 59.6 Å². The molecule has 0 aromatic heterocycles. The Bertz CT molecular complexity index is 383. The summed E-state index contributed by atoms with van der Waals surface area (Å²) in [4.78, 5) is 11.6. The molecule has 0 spiro atoms. The lowest BCUT2D eigenvalue weighted by atomic mass is 10.3. The van der Waals surface area contributed by atoms with Crippen LogP contribution in [0.4, 0.5) is 5.69 Å². The van der Waals surface area contributed by atoms with Crippen molar-refractivity contribution in [2.24, 2.45) is 0 Å². The van der Waals surface area contributed by atoms with Crippen LogP contribution in [0.3, 0.4) is 0 Å². The average Bonchev–Trinajstić information content (AvgIpc) is 2.45. The van der Waals surface area contributed by atoms with Crippen LogP contribution in [0.5, 0.6) is 5.75 Å². The van der Waals surface area contributed by atoms with Gasteiger partial charge in [-0.2, -0.15) is 0 Å². The third-order valence-corrected chi connectivity index (χ3v) is 2.54. The van der Waals surface area contributed by atoms with Gasteiger partial charge in [0.15, 0.2) is 0 Å². The molecule has 1 rings (SSSR count). The summed E-state index contributed by atoms with van der Waals surface area (Å²) in [6.07, 6.45) is 0.828. The number of rotatable bonds is 9. The highest BCUT2D eigenvalue weighted by Gasteiger charge is 2.04. The van der Waals surface area contributed by atoms with E-state index < -0.39 is 0 Å². The van der Waals surface area contributed by atoms with Crippen molar-refractivity contribution >= 4 is 11.6 Å². The number of hydrogen-bond acceptors (Lipinski definition) is 4. The van der Waals surface area contributed by atoms with E-state index in [2.05, 4.69) is 10.6 Å². The third-order valence-electron chi connectivity index (χ3n) is 2.54. The Balaban J connectivity index is 2.22. The van der Waals surface area contributed by atoms with Gasteiger partial charge in [0.2, 0.25) is 5.91 Å². The van der Waals surface area contributed by atoms with Gasteiger partial charge in [-0.25, -0.2) is 0 Å². The minimum atomic E-state index is -0.0394. The van der Waals surface area contributed by atoms with E-state index in [1.165, 1.54) is 0 Å². The first kappa shape index (κ1) is 15.3. The van der Waals surface area contributed by atoms with Crippen molar-refractivity contribution in [2.75, 3.05) is 38.7 Å². The van der Waals surface area contributed by atoms with E-state index in [1.54, 1.807) is 7.11 Å². The van der Waals surface area contributed by atoms with Gasteiger partial charge in [0.05, 0.1) is 19.3 Å². The van der Waals surface area contributed by atoms with Crippen LogP contribution < -0.4 is 15.4 Å². The minimum Gasteiger partial charge on any atom is -0.495 e. The number of carbonyl (C=O) groups excluding carboxylic acids is 1. The highest BCUT2D eigenvalue weighted by atomic mass is 16.5. The van der Waals surface area contributed by atoms with Gasteiger partial charge in [0, 0.05) is 19.8 Å². The number of benzene rings is 1. The Morgan fingerprint density at radius 3 is 2.84 bits per heavy atom. The van der Waals surface area contributed by atoms with Crippen LogP contribution >= 0.6 is 0 Å². The highest BCUT2D eigenvalue weighted by Crippen LogP contribution is 2.22. The molecule has 0 saturated carbocycles. The average molecular weight is 266 g/mol. The second kappa shape index (κ2) is 9.22. The van der Waals surface area contributed by atoms with Gasteiger partial charge in [0.25, 0.3) is 0 Å². The normalized spacial score (nSPS) is 10.0. The molecule has 0 unspecified atom stereocenters. The lowest BCUT2D eigenvalue weighted by molar-refractivity contribution is -0.119. The minimum absolute atomic E-state index is 0.0394. The molecular weight excluding hydrogens is 244 g/mol. The monoisotopic (exact) mass is 266 g/mol. The smallest absolute Gasteiger partial charge is 0.239 e. The lowest BCUT2D eigenvalue weighted by Crippen LogP contribution is -2.31. The molecule has 0 saturated heterocycles. The number of anilines is 1. The standard InChI is InChI=1S/C14H22N2O3/c1-3-19-10-6-9-15-14(17)11-16-12-7-4-5-8-13(12)18-2/h4-5,7-8,16H,3,6,9-11H2,1-2H3,(H,15,17). The molecule has 106 valence electrons. The van der Waals surface area contributed by atoms with E-state index in [0.29, 0.717) is 19.8 Å². The molecule has 5 nitrogen and oxygen atoms in total. The molecule has 1 aromatic carbocycles. The largest absolute Gasteiger partial charge is 0.495 e. The van der Waals surface area contributed by atoms with E-state index in [4.69, 9.17) is 9.47 Å². The van der Waals surface area contributed by atoms with Crippen LogP contribution in [0, 0.1) is 0 Å². The maximum absolute atomic E-state index is 11.6. The van der Waals surface area contributed by atoms with Crippen molar-refractivity contribution in [1.29, 1.82) is 0 Å². The molecule has 19 heavy (non-hydrogen) atoms. The summed E-state index contributed by atoms with van der Waals surface area (Å²) < 4.78 is 10.4. The van der Waals surface area contributed by atoms with Crippen molar-refractivity contribution in [3.05, 3.63) is 24.3 Å². The first-order valence-electron chi connectivity index (χ1n) is 6.49. The van der Waals surface area contributed by atoms with Gasteiger partial charge in [-0.1, -0.05) is 12.1 Å². The summed E-state index contributed by atoms with van der Waals surface area (Å²) in [5.41, 5.74) is 0.814. The summed E-state index contributed by atoms with van der Waals surface area (Å²) in [5.74, 6) is 0.689. The molecule has 1 amide bonds. The number of para-hydroxylation sites is 2. The zero-order valence-electron chi connectivity index (χ0n) is 11.6. The van der Waals surface area contributed by atoms with Crippen molar-refractivity contribution in [1.82, 2.24) is 5.32 Å². The number of hydrogen-bond donors (Lipinski definition) is 2. The second-order valence-electron chi connectivity index (χ2n) is 3.95. The molecule has 0 fully saturated rings. The Kier molecular flexibility index (Phi) is 7.43. The van der Waals surface area contributed by atoms with Gasteiger partial charge in [-0.15, -0.1) is 0 Å². The number of carbonyl (C=O) groups is 1. The molecule has 0 aliphatic carbocycles. The fourth-order valence-electron chi connectivity index (χ4n) is 1.58. The number of amides is 1. The summed E-state index contributed by atoms with van der Waals surface area (Å²) in [7, 11) is 1.61. The van der Waals surface area contributed by atoms with E-state index in [9.17, 15) is 4.79 Å². The third kappa shape index (κ3) is 6.10. The van der Waals surface area contributed by atoms with Crippen LogP contribution in [0.25, 0.3) is 0 Å². The molecule has 1 aromatic rings. The van der Waals surface area contributed by atoms with Gasteiger partial charge >= 0.3 is 0 Å². The maximum atomic E-state index is 11.6. The zero-order chi connectivity index (χ0) is 13.9. The molecule has 5 heteroatoms. The lowest BCUT2D eigenvalue weighted by Gasteiger charge is -2.11. The molecule has 0 aliphatic heterocycles. The van der Waals surface area contributed by atoms with Gasteiger partial charge in [0.1, 0.15) is 5.75 Å². The maximum Gasteiger partial charge on any atom is 0.239 e. The molecule has 0 heterocycles. The van der Waals surface area contributed by atoms with Crippen LogP contribution in [0.2, 0.25) is 0 Å². The SMILES string of the molecule is CCOCCCNC(=O)CNc1ccccc1OC. The molecule has 2 N–H and O–H groups in total. The Labute approximate surface area is 114 Å². The molecule has 0 atom stereocenters. The van der Waals surface area contributed by atoms with Crippen LogP contribution in [-0.4, -0.2) is 39.3 Å². The fraction of sp³-hybridized carbons (Fsp3) is 0.500. The molecular formula is C14H22N2O3. The molecule has 0 aliphatic rings. The first-order chi connectivity index (χ1) is 9.27. The van der Waals surface area contributed by atoms with Crippen LogP contribution in [0.1, 0.15) is 13.3 Å². The van der Waals surface area contributed by atoms with Crippen molar-refractivity contribution in [3.63, 3.8) is 0 Å². The quantitative estimate of drug-likeness (QED) is 0.667. The summed E-state index contributed by atoms with van der Waals surface area (Å²) in [5, 5.41) is 5.87. The van der Waals surface area contributed by atoms with Gasteiger partial charge < -0.3 is 20.1 Å². The summed E-state index contributed by atoms with van der Waals surface area (Å²) >= 11 is 0. The van der Waals surface area contributed by atoms with E-state index in [0.717, 1.165) is 17.9 Å². The van der Waals surface area contributed by atoms with E-state index in [-0.39, 0.29) is 12.5 Å². The fourth-order valence-corrected chi connectivity index (χ4v) is 1.58. The van der Waals surface area contributed by atoms with Crippen molar-refractivity contribution < 1.29 is 14.3 Å². The predicted octanol–water partition coefficient (Wildman–Crippen LogP) is 1.65. The summed E-state index contributed by atoms with van der Waals surface area (Å²) in [6, 6.07) is 7.51. The van der Waals surface area contributed by atoms with E-state index >= 15 is 0 Å². The van der Waals surface area contributed by atoms with Crippen LogP contribution in [-0.2, 0) is 9.53 Å². The Hall–Kier alpha value is -1.75. The van der Waals surface area contributed by atoms with Gasteiger partial charge in [-0.3, -0.25) is 4.79 Å². The zero-order valence-corrected chi connectivity index (χ0v) is 11.6. The molecule has 0 bridgehead atoms. The van der Waals surface area contributed by atoms with Gasteiger partial charge in [-0.05, 0) is 25.5 Å².